The lowest BCUT2D eigenvalue weighted by Crippen LogP contribution is -2.09. The van der Waals surface area contributed by atoms with Crippen LogP contribution in [0.3, 0.4) is 0 Å². The van der Waals surface area contributed by atoms with Crippen molar-refractivity contribution in [2.45, 2.75) is 0 Å². The van der Waals surface area contributed by atoms with E-state index in [-0.39, 0.29) is 22.7 Å². The van der Waals surface area contributed by atoms with Crippen molar-refractivity contribution in [1.82, 2.24) is 0 Å². The van der Waals surface area contributed by atoms with Gasteiger partial charge in [-0.15, -0.1) is 0 Å². The largest absolute Gasteiger partial charge is 0.290 e. The average Bonchev–Trinajstić information content (AvgIpc) is 2.13. The topological polar surface area (TPSA) is 51.2 Å². The Morgan fingerprint density at radius 2 is 2.08 bits per heavy atom. The van der Waals surface area contributed by atoms with Gasteiger partial charge in [0.05, 0.1) is 5.57 Å². The van der Waals surface area contributed by atoms with Crippen molar-refractivity contribution in [2.24, 2.45) is 0 Å². The summed E-state index contributed by atoms with van der Waals surface area (Å²) in [5.41, 5.74) is 0.0696. The zero-order chi connectivity index (χ0) is 9.84. The highest BCUT2D eigenvalue weighted by Crippen LogP contribution is 2.13. The molecule has 0 unspecified atom stereocenters. The molecule has 0 bridgehead atoms. The van der Waals surface area contributed by atoms with Crippen LogP contribution in [0.5, 0.6) is 0 Å². The zero-order valence-corrected chi connectivity index (χ0v) is 6.74. The molecule has 1 rings (SSSR count). The van der Waals surface area contributed by atoms with Crippen molar-refractivity contribution < 1.29 is 14.4 Å². The van der Waals surface area contributed by atoms with Crippen LogP contribution in [0, 0.1) is 0 Å². The molecule has 0 N–H and O–H groups in total. The molecule has 0 spiro atoms. The SMILES string of the molecule is C=CC(=C=O)C1=CC(=O)C=CC1=O. The molecule has 3 nitrogen and oxygen atoms in total. The first kappa shape index (κ1) is 9.10. The Bertz CT molecular complexity index is 390. The smallest absolute Gasteiger partial charge is 0.187 e. The Labute approximate surface area is 74.7 Å². The second kappa shape index (κ2) is 3.61. The quantitative estimate of drug-likeness (QED) is 0.349. The highest BCUT2D eigenvalue weighted by atomic mass is 16.1. The van der Waals surface area contributed by atoms with Crippen LogP contribution in [-0.2, 0) is 14.4 Å². The number of hydrogen-bond acceptors (Lipinski definition) is 3. The number of ketones is 2. The predicted octanol–water partition coefficient (Wildman–Crippen LogP) is 0.565. The number of carbonyl (C=O) groups excluding carboxylic acids is 3. The van der Waals surface area contributed by atoms with Gasteiger partial charge in [-0.05, 0) is 18.2 Å². The van der Waals surface area contributed by atoms with Gasteiger partial charge in [0.1, 0.15) is 5.94 Å². The second-order valence-electron chi connectivity index (χ2n) is 2.38. The van der Waals surface area contributed by atoms with Crippen LogP contribution in [0.2, 0.25) is 0 Å². The minimum atomic E-state index is -0.377. The van der Waals surface area contributed by atoms with Crippen LogP contribution in [-0.4, -0.2) is 17.5 Å². The minimum Gasteiger partial charge on any atom is -0.290 e. The van der Waals surface area contributed by atoms with Crippen LogP contribution in [0.4, 0.5) is 0 Å². The zero-order valence-electron chi connectivity index (χ0n) is 6.74. The molecule has 0 aliphatic heterocycles. The summed E-state index contributed by atoms with van der Waals surface area (Å²) in [4.78, 5) is 32.3. The van der Waals surface area contributed by atoms with E-state index in [4.69, 9.17) is 0 Å². The Hall–Kier alpha value is -1.99. The van der Waals surface area contributed by atoms with Crippen LogP contribution < -0.4 is 0 Å². The molecule has 0 fully saturated rings. The van der Waals surface area contributed by atoms with E-state index in [0.29, 0.717) is 0 Å². The first-order valence-corrected chi connectivity index (χ1v) is 3.55. The normalized spacial score (nSPS) is 14.9. The minimum absolute atomic E-state index is 0.0164. The number of allylic oxidation sites excluding steroid dienone is 6. The molecule has 3 heteroatoms. The average molecular weight is 174 g/mol. The van der Waals surface area contributed by atoms with E-state index in [2.05, 4.69) is 6.58 Å². The molecule has 1 aliphatic carbocycles. The van der Waals surface area contributed by atoms with Gasteiger partial charge in [-0.25, -0.2) is 4.79 Å². The lowest BCUT2D eigenvalue weighted by atomic mass is 9.97. The Balaban J connectivity index is 3.18. The van der Waals surface area contributed by atoms with E-state index >= 15 is 0 Å². The van der Waals surface area contributed by atoms with Crippen molar-refractivity contribution in [2.75, 3.05) is 0 Å². The molecule has 13 heavy (non-hydrogen) atoms. The molecule has 0 atom stereocenters. The molecule has 0 radical (unpaired) electrons. The van der Waals surface area contributed by atoms with Gasteiger partial charge in [0.15, 0.2) is 11.6 Å². The monoisotopic (exact) mass is 174 g/mol. The van der Waals surface area contributed by atoms with Crippen LogP contribution >= 0.6 is 0 Å². The fourth-order valence-electron chi connectivity index (χ4n) is 0.926. The lowest BCUT2D eigenvalue weighted by molar-refractivity contribution is -0.114. The van der Waals surface area contributed by atoms with E-state index in [1.165, 1.54) is 6.08 Å². The Kier molecular flexibility index (Phi) is 2.52. The third-order valence-corrected chi connectivity index (χ3v) is 1.56. The third kappa shape index (κ3) is 1.78. The van der Waals surface area contributed by atoms with E-state index in [0.717, 1.165) is 18.2 Å². The maximum absolute atomic E-state index is 11.1. The summed E-state index contributed by atoms with van der Waals surface area (Å²) < 4.78 is 0. The first-order valence-electron chi connectivity index (χ1n) is 3.55. The molecule has 0 aromatic rings. The Morgan fingerprint density at radius 3 is 2.62 bits per heavy atom. The van der Waals surface area contributed by atoms with Gasteiger partial charge in [0.2, 0.25) is 0 Å². The number of rotatable bonds is 2. The molecule has 0 aromatic heterocycles. The van der Waals surface area contributed by atoms with Gasteiger partial charge >= 0.3 is 0 Å². The van der Waals surface area contributed by atoms with Crippen molar-refractivity contribution in [3.05, 3.63) is 42.0 Å². The van der Waals surface area contributed by atoms with E-state index < -0.39 is 0 Å². The van der Waals surface area contributed by atoms with Gasteiger partial charge < -0.3 is 0 Å². The van der Waals surface area contributed by atoms with Gasteiger partial charge in [-0.2, -0.15) is 0 Å². The van der Waals surface area contributed by atoms with Crippen molar-refractivity contribution >= 4 is 17.5 Å². The first-order chi connectivity index (χ1) is 6.19. The second-order valence-corrected chi connectivity index (χ2v) is 2.38. The molecule has 0 saturated carbocycles. The van der Waals surface area contributed by atoms with Crippen molar-refractivity contribution in [3.63, 3.8) is 0 Å². The maximum Gasteiger partial charge on any atom is 0.187 e. The van der Waals surface area contributed by atoms with Gasteiger partial charge in [0.25, 0.3) is 0 Å². The lowest BCUT2D eigenvalue weighted by Gasteiger charge is -2.03. The summed E-state index contributed by atoms with van der Waals surface area (Å²) in [6.07, 6.45) is 4.57. The van der Waals surface area contributed by atoms with Gasteiger partial charge in [-0.1, -0.05) is 12.7 Å². The van der Waals surface area contributed by atoms with Crippen molar-refractivity contribution in [3.8, 4) is 0 Å². The summed E-state index contributed by atoms with van der Waals surface area (Å²) in [7, 11) is 0. The van der Waals surface area contributed by atoms with Gasteiger partial charge in [-0.3, -0.25) is 9.59 Å². The standard InChI is InChI=1S/C10H6O3/c1-2-7(6-11)9-5-8(12)3-4-10(9)13/h2-5H,1H2. The molecule has 1 aliphatic rings. The maximum atomic E-state index is 11.1. The molecular weight excluding hydrogens is 168 g/mol. The molecule has 64 valence electrons. The van der Waals surface area contributed by atoms with Gasteiger partial charge in [0, 0.05) is 5.57 Å². The van der Waals surface area contributed by atoms with E-state index in [1.54, 1.807) is 5.94 Å². The predicted molar refractivity (Wildman–Crippen MR) is 46.6 cm³/mol. The summed E-state index contributed by atoms with van der Waals surface area (Å²) in [6.45, 7) is 3.34. The van der Waals surface area contributed by atoms with E-state index in [9.17, 15) is 14.4 Å². The van der Waals surface area contributed by atoms with Crippen LogP contribution in [0.25, 0.3) is 0 Å². The summed E-state index contributed by atoms with van der Waals surface area (Å²) in [5, 5.41) is 0. The highest BCUT2D eigenvalue weighted by molar-refractivity contribution is 6.20. The van der Waals surface area contributed by atoms with E-state index in [1.807, 2.05) is 0 Å². The summed E-state index contributed by atoms with van der Waals surface area (Å²) in [6, 6.07) is 0. The molecule has 0 aromatic carbocycles. The molecule has 0 amide bonds. The molecular formula is C10H6O3. The van der Waals surface area contributed by atoms with Crippen LogP contribution in [0.1, 0.15) is 0 Å². The fraction of sp³-hybridized carbons (Fsp3) is 0. The van der Waals surface area contributed by atoms with Crippen molar-refractivity contribution in [1.29, 1.82) is 0 Å². The number of hydrogen-bond donors (Lipinski definition) is 0. The summed E-state index contributed by atoms with van der Waals surface area (Å²) >= 11 is 0. The Morgan fingerprint density at radius 1 is 1.38 bits per heavy atom. The van der Waals surface area contributed by atoms with Crippen LogP contribution in [0.15, 0.2) is 42.0 Å². The third-order valence-electron chi connectivity index (χ3n) is 1.56. The fourth-order valence-corrected chi connectivity index (χ4v) is 0.926. The summed E-state index contributed by atoms with van der Waals surface area (Å²) in [5.74, 6) is 0.853. The molecule has 0 saturated heterocycles. The molecule has 0 heterocycles. The highest BCUT2D eigenvalue weighted by Gasteiger charge is 2.15. The number of carbonyl (C=O) groups is 2.